The molecule has 0 radical (unpaired) electrons. The first-order valence-corrected chi connectivity index (χ1v) is 5.22. The van der Waals surface area contributed by atoms with Crippen LogP contribution in [0.5, 0.6) is 11.6 Å². The first kappa shape index (κ1) is 11.8. The fraction of sp³-hybridized carbons (Fsp3) is 0.0833. The summed E-state index contributed by atoms with van der Waals surface area (Å²) < 4.78 is 5.40. The van der Waals surface area contributed by atoms with Crippen molar-refractivity contribution in [3.05, 3.63) is 52.2 Å². The van der Waals surface area contributed by atoms with Gasteiger partial charge >= 0.3 is 5.69 Å². The SMILES string of the molecule is Cc1nc(Oc2ccccc2[N+](=O)[O-])ccc1N. The average Bonchev–Trinajstić information content (AvgIpc) is 2.34. The van der Waals surface area contributed by atoms with Gasteiger partial charge in [0, 0.05) is 12.1 Å². The van der Waals surface area contributed by atoms with Gasteiger partial charge in [-0.25, -0.2) is 4.98 Å². The molecule has 0 amide bonds. The van der Waals surface area contributed by atoms with Crippen molar-refractivity contribution in [2.24, 2.45) is 0 Å². The van der Waals surface area contributed by atoms with Gasteiger partial charge < -0.3 is 10.5 Å². The molecule has 0 bridgehead atoms. The van der Waals surface area contributed by atoms with Gasteiger partial charge in [-0.15, -0.1) is 0 Å². The van der Waals surface area contributed by atoms with Crippen LogP contribution in [0.2, 0.25) is 0 Å². The van der Waals surface area contributed by atoms with Crippen LogP contribution in [-0.4, -0.2) is 9.91 Å². The third-order valence-corrected chi connectivity index (χ3v) is 2.38. The number of hydrogen-bond donors (Lipinski definition) is 1. The fourth-order valence-electron chi connectivity index (χ4n) is 1.41. The van der Waals surface area contributed by atoms with Crippen molar-refractivity contribution >= 4 is 11.4 Å². The molecule has 0 spiro atoms. The van der Waals surface area contributed by atoms with Crippen molar-refractivity contribution in [1.82, 2.24) is 4.98 Å². The monoisotopic (exact) mass is 245 g/mol. The lowest BCUT2D eigenvalue weighted by Crippen LogP contribution is -1.97. The van der Waals surface area contributed by atoms with Crippen molar-refractivity contribution in [3.63, 3.8) is 0 Å². The largest absolute Gasteiger partial charge is 0.432 e. The summed E-state index contributed by atoms with van der Waals surface area (Å²) in [7, 11) is 0. The maximum Gasteiger partial charge on any atom is 0.311 e. The Morgan fingerprint density at radius 3 is 2.67 bits per heavy atom. The smallest absolute Gasteiger partial charge is 0.311 e. The van der Waals surface area contributed by atoms with Crippen LogP contribution in [0.1, 0.15) is 5.69 Å². The Labute approximate surface area is 103 Å². The maximum absolute atomic E-state index is 10.8. The van der Waals surface area contributed by atoms with Crippen LogP contribution in [0.25, 0.3) is 0 Å². The Morgan fingerprint density at radius 2 is 2.00 bits per heavy atom. The molecule has 2 aromatic rings. The zero-order valence-electron chi connectivity index (χ0n) is 9.66. The van der Waals surface area contributed by atoms with Gasteiger partial charge in [0.2, 0.25) is 11.6 Å². The number of aryl methyl sites for hydroxylation is 1. The Morgan fingerprint density at radius 1 is 1.28 bits per heavy atom. The van der Waals surface area contributed by atoms with Crippen LogP contribution in [-0.2, 0) is 0 Å². The number of nitrogen functional groups attached to an aromatic ring is 1. The van der Waals surface area contributed by atoms with E-state index in [4.69, 9.17) is 10.5 Å². The minimum atomic E-state index is -0.501. The van der Waals surface area contributed by atoms with Gasteiger partial charge in [0.25, 0.3) is 0 Å². The van der Waals surface area contributed by atoms with Crippen LogP contribution >= 0.6 is 0 Å². The fourth-order valence-corrected chi connectivity index (χ4v) is 1.41. The number of nitro benzene ring substituents is 1. The molecule has 0 saturated carbocycles. The van der Waals surface area contributed by atoms with Crippen LogP contribution in [0.15, 0.2) is 36.4 Å². The third kappa shape index (κ3) is 2.37. The number of pyridine rings is 1. The molecule has 1 aromatic carbocycles. The second-order valence-electron chi connectivity index (χ2n) is 3.65. The van der Waals surface area contributed by atoms with Gasteiger partial charge in [0.1, 0.15) is 0 Å². The average molecular weight is 245 g/mol. The van der Waals surface area contributed by atoms with E-state index in [0.717, 1.165) is 0 Å². The molecule has 1 aromatic heterocycles. The van der Waals surface area contributed by atoms with E-state index >= 15 is 0 Å². The Kier molecular flexibility index (Phi) is 3.09. The second-order valence-corrected chi connectivity index (χ2v) is 3.65. The maximum atomic E-state index is 10.8. The highest BCUT2D eigenvalue weighted by atomic mass is 16.6. The second kappa shape index (κ2) is 4.70. The van der Waals surface area contributed by atoms with Crippen LogP contribution < -0.4 is 10.5 Å². The van der Waals surface area contributed by atoms with E-state index in [-0.39, 0.29) is 17.3 Å². The van der Waals surface area contributed by atoms with Gasteiger partial charge in [0.05, 0.1) is 16.3 Å². The van der Waals surface area contributed by atoms with E-state index in [0.29, 0.717) is 11.4 Å². The molecule has 1 heterocycles. The Balaban J connectivity index is 2.34. The first-order chi connectivity index (χ1) is 8.58. The van der Waals surface area contributed by atoms with Crippen LogP contribution in [0, 0.1) is 17.0 Å². The van der Waals surface area contributed by atoms with E-state index < -0.39 is 4.92 Å². The molecule has 92 valence electrons. The Hall–Kier alpha value is -2.63. The molecule has 2 N–H and O–H groups in total. The van der Waals surface area contributed by atoms with Crippen molar-refractivity contribution in [2.45, 2.75) is 6.92 Å². The molecule has 0 atom stereocenters. The summed E-state index contributed by atoms with van der Waals surface area (Å²) in [4.78, 5) is 14.4. The van der Waals surface area contributed by atoms with Gasteiger partial charge in [-0.1, -0.05) is 12.1 Å². The van der Waals surface area contributed by atoms with E-state index in [1.54, 1.807) is 31.2 Å². The highest BCUT2D eigenvalue weighted by Gasteiger charge is 2.14. The van der Waals surface area contributed by atoms with Crippen molar-refractivity contribution in [3.8, 4) is 11.6 Å². The van der Waals surface area contributed by atoms with Gasteiger partial charge in [-0.05, 0) is 19.1 Å². The highest BCUT2D eigenvalue weighted by molar-refractivity contribution is 5.49. The predicted molar refractivity (Wildman–Crippen MR) is 66.6 cm³/mol. The van der Waals surface area contributed by atoms with Crippen LogP contribution in [0.4, 0.5) is 11.4 Å². The first-order valence-electron chi connectivity index (χ1n) is 5.22. The molecule has 0 aliphatic rings. The molecule has 0 unspecified atom stereocenters. The molecule has 6 nitrogen and oxygen atoms in total. The quantitative estimate of drug-likeness (QED) is 0.663. The number of rotatable bonds is 3. The molecule has 0 aliphatic carbocycles. The molecular weight excluding hydrogens is 234 g/mol. The number of para-hydroxylation sites is 2. The summed E-state index contributed by atoms with van der Waals surface area (Å²) in [5.41, 5.74) is 6.69. The summed E-state index contributed by atoms with van der Waals surface area (Å²) >= 11 is 0. The minimum Gasteiger partial charge on any atom is -0.432 e. The van der Waals surface area contributed by atoms with E-state index in [1.165, 1.54) is 12.1 Å². The normalized spacial score (nSPS) is 10.1. The summed E-state index contributed by atoms with van der Waals surface area (Å²) in [6, 6.07) is 9.34. The predicted octanol–water partition coefficient (Wildman–Crippen LogP) is 2.67. The molecule has 0 aliphatic heterocycles. The molecular formula is C12H11N3O3. The van der Waals surface area contributed by atoms with Crippen molar-refractivity contribution in [2.75, 3.05) is 5.73 Å². The van der Waals surface area contributed by atoms with Crippen molar-refractivity contribution in [1.29, 1.82) is 0 Å². The third-order valence-electron chi connectivity index (χ3n) is 2.38. The number of anilines is 1. The summed E-state index contributed by atoms with van der Waals surface area (Å²) in [5, 5.41) is 10.8. The van der Waals surface area contributed by atoms with Gasteiger partial charge in [-0.2, -0.15) is 0 Å². The number of hydrogen-bond acceptors (Lipinski definition) is 5. The molecule has 0 saturated heterocycles. The highest BCUT2D eigenvalue weighted by Crippen LogP contribution is 2.30. The number of ether oxygens (including phenoxy) is 1. The molecule has 6 heteroatoms. The van der Waals surface area contributed by atoms with Crippen LogP contribution in [0.3, 0.4) is 0 Å². The lowest BCUT2D eigenvalue weighted by atomic mass is 10.3. The molecule has 2 rings (SSSR count). The summed E-state index contributed by atoms with van der Waals surface area (Å²) in [5.74, 6) is 0.426. The van der Waals surface area contributed by atoms with Crippen molar-refractivity contribution < 1.29 is 9.66 Å². The minimum absolute atomic E-state index is 0.103. The number of nitro groups is 1. The molecule has 0 fully saturated rings. The topological polar surface area (TPSA) is 91.3 Å². The summed E-state index contributed by atoms with van der Waals surface area (Å²) in [6.07, 6.45) is 0. The lowest BCUT2D eigenvalue weighted by Gasteiger charge is -2.06. The molecule has 18 heavy (non-hydrogen) atoms. The van der Waals surface area contributed by atoms with Gasteiger partial charge in [0.15, 0.2) is 0 Å². The zero-order chi connectivity index (χ0) is 13.1. The number of nitrogens with zero attached hydrogens (tertiary/aromatic N) is 2. The van der Waals surface area contributed by atoms with E-state index in [1.807, 2.05) is 0 Å². The zero-order valence-corrected chi connectivity index (χ0v) is 9.66. The van der Waals surface area contributed by atoms with E-state index in [9.17, 15) is 10.1 Å². The summed E-state index contributed by atoms with van der Waals surface area (Å²) in [6.45, 7) is 1.74. The number of nitrogens with two attached hydrogens (primary N) is 1. The standard InChI is InChI=1S/C12H11N3O3/c1-8-9(13)6-7-12(14-8)18-11-5-3-2-4-10(11)15(16)17/h2-7H,13H2,1H3. The number of aromatic nitrogens is 1. The van der Waals surface area contributed by atoms with E-state index in [2.05, 4.69) is 4.98 Å². The lowest BCUT2D eigenvalue weighted by molar-refractivity contribution is -0.385. The Bertz CT molecular complexity index is 599. The number of benzene rings is 1. The van der Waals surface area contributed by atoms with Gasteiger partial charge in [-0.3, -0.25) is 10.1 Å².